The third-order valence-corrected chi connectivity index (χ3v) is 3.13. The van der Waals surface area contributed by atoms with Gasteiger partial charge in [-0.15, -0.1) is 0 Å². The van der Waals surface area contributed by atoms with Crippen LogP contribution in [0.5, 0.6) is 0 Å². The molecule has 0 fully saturated rings. The first kappa shape index (κ1) is 22.2. The zero-order valence-electron chi connectivity index (χ0n) is 14.9. The maximum atomic E-state index is 11.8. The number of esters is 1. The van der Waals surface area contributed by atoms with Gasteiger partial charge in [0.1, 0.15) is 11.6 Å². The van der Waals surface area contributed by atoms with Crippen LogP contribution in [-0.4, -0.2) is 53.0 Å². The van der Waals surface area contributed by atoms with Crippen molar-refractivity contribution >= 4 is 5.97 Å². The quantitative estimate of drug-likeness (QED) is 0.186. The maximum Gasteiger partial charge on any atom is 0.348 e. The fraction of sp³-hybridized carbons (Fsp3) is 0.667. The molecule has 0 aliphatic heterocycles. The minimum Gasteiger partial charge on any atom is -0.462 e. The number of hydrogen-bond donors (Lipinski definition) is 2. The number of allylic oxidation sites excluding steroid dienone is 2. The molecule has 0 saturated carbocycles. The van der Waals surface area contributed by atoms with E-state index in [4.69, 9.17) is 10.00 Å². The Morgan fingerprint density at radius 3 is 2.33 bits per heavy atom. The molecule has 0 aromatic heterocycles. The van der Waals surface area contributed by atoms with E-state index in [2.05, 4.69) is 6.92 Å². The standard InChI is InChI=1S/C18H30N2O4/c1-4-5-6-7-11-24-18(23)17(12-19)9-8-10-20(13-15(2)21)14-16(3)22/h8-10,15-16,21-22H,4-7,11,13-14H2,1-3H3. The van der Waals surface area contributed by atoms with Gasteiger partial charge in [0, 0.05) is 13.1 Å². The summed E-state index contributed by atoms with van der Waals surface area (Å²) in [6.07, 6.45) is 7.45. The van der Waals surface area contributed by atoms with Crippen molar-refractivity contribution in [2.45, 2.75) is 58.7 Å². The van der Waals surface area contributed by atoms with Crippen molar-refractivity contribution in [1.82, 2.24) is 4.90 Å². The summed E-state index contributed by atoms with van der Waals surface area (Å²) in [6, 6.07) is 1.83. The first-order valence-electron chi connectivity index (χ1n) is 8.46. The molecule has 0 spiro atoms. The Bertz CT molecular complexity index is 440. The van der Waals surface area contributed by atoms with Gasteiger partial charge < -0.3 is 19.8 Å². The average molecular weight is 338 g/mol. The van der Waals surface area contributed by atoms with Crippen molar-refractivity contribution in [3.05, 3.63) is 23.9 Å². The van der Waals surface area contributed by atoms with Gasteiger partial charge in [0.05, 0.1) is 18.8 Å². The highest BCUT2D eigenvalue weighted by molar-refractivity contribution is 5.93. The van der Waals surface area contributed by atoms with E-state index in [0.29, 0.717) is 19.7 Å². The van der Waals surface area contributed by atoms with Crippen LogP contribution in [0.2, 0.25) is 0 Å². The van der Waals surface area contributed by atoms with Crippen LogP contribution in [0.15, 0.2) is 23.9 Å². The molecule has 6 nitrogen and oxygen atoms in total. The van der Waals surface area contributed by atoms with E-state index in [0.717, 1.165) is 25.7 Å². The van der Waals surface area contributed by atoms with Gasteiger partial charge in [0.15, 0.2) is 0 Å². The molecule has 0 heterocycles. The average Bonchev–Trinajstić information content (AvgIpc) is 2.49. The molecule has 0 amide bonds. The van der Waals surface area contributed by atoms with Crippen LogP contribution in [0.4, 0.5) is 0 Å². The lowest BCUT2D eigenvalue weighted by atomic mass is 10.2. The SMILES string of the molecule is CCCCCCOC(=O)C(C#N)=CC=CN(CC(C)O)CC(C)O. The number of carbonyl (C=O) groups is 1. The molecular weight excluding hydrogens is 308 g/mol. The Hall–Kier alpha value is -1.84. The van der Waals surface area contributed by atoms with Crippen molar-refractivity contribution < 1.29 is 19.7 Å². The van der Waals surface area contributed by atoms with Crippen LogP contribution < -0.4 is 0 Å². The molecule has 0 radical (unpaired) electrons. The van der Waals surface area contributed by atoms with Crippen LogP contribution in [-0.2, 0) is 9.53 Å². The number of rotatable bonds is 12. The second-order valence-electron chi connectivity index (χ2n) is 5.88. The summed E-state index contributed by atoms with van der Waals surface area (Å²) >= 11 is 0. The molecule has 0 aromatic carbocycles. The highest BCUT2D eigenvalue weighted by Gasteiger charge is 2.10. The van der Waals surface area contributed by atoms with Gasteiger partial charge in [-0.3, -0.25) is 0 Å². The molecule has 2 N–H and O–H groups in total. The zero-order chi connectivity index (χ0) is 18.4. The molecule has 0 saturated heterocycles. The first-order chi connectivity index (χ1) is 11.4. The van der Waals surface area contributed by atoms with Gasteiger partial charge >= 0.3 is 5.97 Å². The summed E-state index contributed by atoms with van der Waals surface area (Å²) in [5.74, 6) is -0.628. The predicted molar refractivity (Wildman–Crippen MR) is 92.9 cm³/mol. The van der Waals surface area contributed by atoms with Gasteiger partial charge in [0.25, 0.3) is 0 Å². The van der Waals surface area contributed by atoms with Gasteiger partial charge in [-0.05, 0) is 38.6 Å². The minimum absolute atomic E-state index is 0.0733. The van der Waals surface area contributed by atoms with E-state index in [9.17, 15) is 15.0 Å². The largest absolute Gasteiger partial charge is 0.462 e. The smallest absolute Gasteiger partial charge is 0.348 e. The number of nitriles is 1. The molecule has 6 heteroatoms. The Kier molecular flexibility index (Phi) is 12.5. The number of aliphatic hydroxyl groups excluding tert-OH is 2. The van der Waals surface area contributed by atoms with E-state index >= 15 is 0 Å². The number of hydrogen-bond acceptors (Lipinski definition) is 6. The zero-order valence-corrected chi connectivity index (χ0v) is 14.9. The Morgan fingerprint density at radius 2 is 1.83 bits per heavy atom. The summed E-state index contributed by atoms with van der Waals surface area (Å²) in [7, 11) is 0. The number of nitrogens with zero attached hydrogens (tertiary/aromatic N) is 2. The summed E-state index contributed by atoms with van der Waals surface area (Å²) in [4.78, 5) is 13.5. The van der Waals surface area contributed by atoms with Crippen molar-refractivity contribution in [1.29, 1.82) is 5.26 Å². The van der Waals surface area contributed by atoms with E-state index in [1.807, 2.05) is 6.07 Å². The van der Waals surface area contributed by atoms with Crippen molar-refractivity contribution in [3.8, 4) is 6.07 Å². The Morgan fingerprint density at radius 1 is 1.21 bits per heavy atom. The summed E-state index contributed by atoms with van der Waals surface area (Å²) in [5.41, 5.74) is -0.0733. The monoisotopic (exact) mass is 338 g/mol. The fourth-order valence-electron chi connectivity index (χ4n) is 2.06. The molecule has 136 valence electrons. The second kappa shape index (κ2) is 13.6. The number of carbonyl (C=O) groups excluding carboxylic acids is 1. The van der Waals surface area contributed by atoms with Gasteiger partial charge in [-0.1, -0.05) is 26.2 Å². The van der Waals surface area contributed by atoms with Crippen LogP contribution in [0.1, 0.15) is 46.5 Å². The highest BCUT2D eigenvalue weighted by Crippen LogP contribution is 2.03. The van der Waals surface area contributed by atoms with Gasteiger partial charge in [-0.25, -0.2) is 4.79 Å². The maximum absolute atomic E-state index is 11.8. The lowest BCUT2D eigenvalue weighted by Crippen LogP contribution is -2.32. The van der Waals surface area contributed by atoms with Crippen molar-refractivity contribution in [2.24, 2.45) is 0 Å². The lowest BCUT2D eigenvalue weighted by molar-refractivity contribution is -0.138. The molecular formula is C18H30N2O4. The summed E-state index contributed by atoms with van der Waals surface area (Å²) in [5, 5.41) is 27.9. The Balaban J connectivity index is 4.56. The Labute approximate surface area is 145 Å². The predicted octanol–water partition coefficient (Wildman–Crippen LogP) is 2.14. The van der Waals surface area contributed by atoms with Crippen LogP contribution in [0.25, 0.3) is 0 Å². The normalized spacial score (nSPS) is 14.2. The third-order valence-electron chi connectivity index (χ3n) is 3.13. The molecule has 2 unspecified atom stereocenters. The van der Waals surface area contributed by atoms with Crippen LogP contribution >= 0.6 is 0 Å². The van der Waals surface area contributed by atoms with Gasteiger partial charge in [0.2, 0.25) is 0 Å². The lowest BCUT2D eigenvalue weighted by Gasteiger charge is -2.23. The highest BCUT2D eigenvalue weighted by atomic mass is 16.5. The second-order valence-corrected chi connectivity index (χ2v) is 5.88. The van der Waals surface area contributed by atoms with E-state index in [1.54, 1.807) is 31.0 Å². The molecule has 0 rings (SSSR count). The molecule has 0 aliphatic rings. The van der Waals surface area contributed by atoms with Gasteiger partial charge in [-0.2, -0.15) is 5.26 Å². The first-order valence-corrected chi connectivity index (χ1v) is 8.46. The molecule has 0 bridgehead atoms. The minimum atomic E-state index is -0.628. The third kappa shape index (κ3) is 11.7. The van der Waals surface area contributed by atoms with E-state index in [1.165, 1.54) is 6.08 Å². The fourth-order valence-corrected chi connectivity index (χ4v) is 2.06. The number of ether oxygens (including phenoxy) is 1. The number of unbranched alkanes of at least 4 members (excludes halogenated alkanes) is 3. The van der Waals surface area contributed by atoms with E-state index < -0.39 is 18.2 Å². The van der Waals surface area contributed by atoms with E-state index in [-0.39, 0.29) is 5.57 Å². The molecule has 0 aromatic rings. The molecule has 2 atom stereocenters. The van der Waals surface area contributed by atoms with Crippen molar-refractivity contribution in [2.75, 3.05) is 19.7 Å². The van der Waals surface area contributed by atoms with Crippen LogP contribution in [0.3, 0.4) is 0 Å². The summed E-state index contributed by atoms with van der Waals surface area (Å²) in [6.45, 7) is 6.41. The molecule has 24 heavy (non-hydrogen) atoms. The number of aliphatic hydroxyl groups is 2. The molecule has 0 aliphatic carbocycles. The summed E-state index contributed by atoms with van der Waals surface area (Å²) < 4.78 is 5.07. The van der Waals surface area contributed by atoms with Crippen LogP contribution in [0, 0.1) is 11.3 Å². The topological polar surface area (TPSA) is 93.8 Å². The van der Waals surface area contributed by atoms with Crippen molar-refractivity contribution in [3.63, 3.8) is 0 Å².